The van der Waals surface area contributed by atoms with Crippen molar-refractivity contribution in [1.82, 2.24) is 0 Å². The van der Waals surface area contributed by atoms with Crippen LogP contribution in [0.25, 0.3) is 0 Å². The third-order valence-electron chi connectivity index (χ3n) is 3.20. The summed E-state index contributed by atoms with van der Waals surface area (Å²) >= 11 is 5.82. The molecule has 2 N–H and O–H groups in total. The highest BCUT2D eigenvalue weighted by atomic mass is 35.5. The highest BCUT2D eigenvalue weighted by Gasteiger charge is 2.25. The number of aryl methyl sites for hydroxylation is 2. The zero-order valence-corrected chi connectivity index (χ0v) is 12.5. The van der Waals surface area contributed by atoms with Gasteiger partial charge >= 0.3 is 6.03 Å². The van der Waals surface area contributed by atoms with Crippen molar-refractivity contribution >= 4 is 29.2 Å². The summed E-state index contributed by atoms with van der Waals surface area (Å²) in [6.07, 6.45) is 0. The molecule has 108 valence electrons. The second-order valence-electron chi connectivity index (χ2n) is 4.72. The summed E-state index contributed by atoms with van der Waals surface area (Å²) in [5, 5.41) is 0.516. The van der Waals surface area contributed by atoms with Gasteiger partial charge in [0.1, 0.15) is 0 Å². The molecule has 0 saturated carbocycles. The Morgan fingerprint density at radius 3 is 2.00 bits per heavy atom. The van der Waals surface area contributed by atoms with Gasteiger partial charge in [-0.25, -0.2) is 9.69 Å². The number of hydrogen-bond acceptors (Lipinski definition) is 2. The molecule has 0 bridgehead atoms. The minimum atomic E-state index is -0.829. The summed E-state index contributed by atoms with van der Waals surface area (Å²) in [5.74, 6) is -0.444. The van der Waals surface area contributed by atoms with Crippen molar-refractivity contribution < 1.29 is 9.59 Å². The summed E-state index contributed by atoms with van der Waals surface area (Å²) in [7, 11) is 0. The first-order valence-corrected chi connectivity index (χ1v) is 6.75. The Balaban J connectivity index is 2.51. The van der Waals surface area contributed by atoms with E-state index in [0.29, 0.717) is 16.3 Å². The van der Waals surface area contributed by atoms with Crippen LogP contribution in [0.1, 0.15) is 21.5 Å². The van der Waals surface area contributed by atoms with Crippen LogP contribution < -0.4 is 10.6 Å². The van der Waals surface area contributed by atoms with Crippen molar-refractivity contribution in [2.45, 2.75) is 13.8 Å². The van der Waals surface area contributed by atoms with Crippen molar-refractivity contribution in [2.24, 2.45) is 5.73 Å². The molecule has 0 unspecified atom stereocenters. The lowest BCUT2D eigenvalue weighted by molar-refractivity contribution is 0.0994. The molecule has 21 heavy (non-hydrogen) atoms. The number of nitrogens with zero attached hydrogens (tertiary/aromatic N) is 1. The Bertz CT molecular complexity index is 676. The zero-order chi connectivity index (χ0) is 15.6. The van der Waals surface area contributed by atoms with Crippen LogP contribution in [0.2, 0.25) is 5.02 Å². The Kier molecular flexibility index (Phi) is 4.29. The number of anilines is 1. The molecule has 0 fully saturated rings. The SMILES string of the molecule is Cc1cccc(C)c1C(=O)N(C(N)=O)c1ccc(Cl)cc1. The highest BCUT2D eigenvalue weighted by Crippen LogP contribution is 2.22. The number of amides is 3. The highest BCUT2D eigenvalue weighted by molar-refractivity contribution is 6.30. The third-order valence-corrected chi connectivity index (χ3v) is 3.46. The molecule has 2 aromatic carbocycles. The first kappa shape index (κ1) is 15.1. The molecule has 0 aliphatic rings. The number of hydrogen-bond donors (Lipinski definition) is 1. The van der Waals surface area contributed by atoms with E-state index in [1.807, 2.05) is 32.0 Å². The minimum Gasteiger partial charge on any atom is -0.351 e. The van der Waals surface area contributed by atoms with Crippen molar-refractivity contribution in [2.75, 3.05) is 4.90 Å². The number of primary amides is 1. The fraction of sp³-hybridized carbons (Fsp3) is 0.125. The Hall–Kier alpha value is -2.33. The second-order valence-corrected chi connectivity index (χ2v) is 5.16. The number of carbonyl (C=O) groups is 2. The Morgan fingerprint density at radius 1 is 1.00 bits per heavy atom. The zero-order valence-electron chi connectivity index (χ0n) is 11.8. The molecule has 5 heteroatoms. The molecule has 0 atom stereocenters. The molecule has 0 spiro atoms. The molecule has 0 heterocycles. The molecule has 3 amide bonds. The Labute approximate surface area is 128 Å². The molecular weight excluding hydrogens is 288 g/mol. The van der Waals surface area contributed by atoms with Gasteiger partial charge in [-0.1, -0.05) is 29.8 Å². The van der Waals surface area contributed by atoms with Crippen LogP contribution in [-0.2, 0) is 0 Å². The van der Waals surface area contributed by atoms with Crippen molar-refractivity contribution in [3.05, 3.63) is 64.2 Å². The standard InChI is InChI=1S/C16H15ClN2O2/c1-10-4-3-5-11(2)14(10)15(20)19(16(18)21)13-8-6-12(17)7-9-13/h3-9H,1-2H3,(H2,18,21). The molecule has 2 rings (SSSR count). The lowest BCUT2D eigenvalue weighted by Crippen LogP contribution is -2.41. The van der Waals surface area contributed by atoms with E-state index < -0.39 is 11.9 Å². The van der Waals surface area contributed by atoms with E-state index >= 15 is 0 Å². The molecule has 0 aliphatic heterocycles. The normalized spacial score (nSPS) is 10.2. The van der Waals surface area contributed by atoms with E-state index in [4.69, 9.17) is 17.3 Å². The van der Waals surface area contributed by atoms with Gasteiger partial charge in [0.15, 0.2) is 0 Å². The maximum atomic E-state index is 12.7. The van der Waals surface area contributed by atoms with Gasteiger partial charge in [0.05, 0.1) is 5.69 Å². The van der Waals surface area contributed by atoms with Crippen LogP contribution in [0.3, 0.4) is 0 Å². The summed E-state index contributed by atoms with van der Waals surface area (Å²) in [5.41, 5.74) is 7.83. The first-order valence-electron chi connectivity index (χ1n) is 6.37. The van der Waals surface area contributed by atoms with E-state index in [1.165, 1.54) is 0 Å². The van der Waals surface area contributed by atoms with Crippen molar-refractivity contribution in [3.63, 3.8) is 0 Å². The number of carbonyl (C=O) groups excluding carboxylic acids is 2. The van der Waals surface area contributed by atoms with Crippen LogP contribution in [-0.4, -0.2) is 11.9 Å². The first-order chi connectivity index (χ1) is 9.91. The van der Waals surface area contributed by atoms with Gasteiger partial charge in [0, 0.05) is 10.6 Å². The van der Waals surface area contributed by atoms with Gasteiger partial charge in [-0.2, -0.15) is 0 Å². The van der Waals surface area contributed by atoms with E-state index in [1.54, 1.807) is 24.3 Å². The minimum absolute atomic E-state index is 0.388. The van der Waals surface area contributed by atoms with Crippen LogP contribution >= 0.6 is 11.6 Å². The van der Waals surface area contributed by atoms with E-state index in [0.717, 1.165) is 16.0 Å². The van der Waals surface area contributed by atoms with Crippen LogP contribution in [0.5, 0.6) is 0 Å². The van der Waals surface area contributed by atoms with Crippen LogP contribution in [0, 0.1) is 13.8 Å². The quantitative estimate of drug-likeness (QED) is 0.919. The molecule has 4 nitrogen and oxygen atoms in total. The fourth-order valence-corrected chi connectivity index (χ4v) is 2.32. The lowest BCUT2D eigenvalue weighted by atomic mass is 10.0. The van der Waals surface area contributed by atoms with Gasteiger partial charge in [0.2, 0.25) is 0 Å². The average Bonchev–Trinajstić information content (AvgIpc) is 2.40. The van der Waals surface area contributed by atoms with Gasteiger partial charge < -0.3 is 5.73 Å². The van der Waals surface area contributed by atoms with Gasteiger partial charge in [0.25, 0.3) is 5.91 Å². The molecule has 0 aliphatic carbocycles. The van der Waals surface area contributed by atoms with Crippen molar-refractivity contribution in [3.8, 4) is 0 Å². The monoisotopic (exact) mass is 302 g/mol. The maximum Gasteiger partial charge on any atom is 0.326 e. The lowest BCUT2D eigenvalue weighted by Gasteiger charge is -2.20. The van der Waals surface area contributed by atoms with Gasteiger partial charge in [-0.05, 0) is 49.2 Å². The molecular formula is C16H15ClN2O2. The number of benzene rings is 2. The third kappa shape index (κ3) is 3.06. The average molecular weight is 303 g/mol. The number of rotatable bonds is 2. The summed E-state index contributed by atoms with van der Waals surface area (Å²) in [6.45, 7) is 3.64. The van der Waals surface area contributed by atoms with Gasteiger partial charge in [-0.3, -0.25) is 4.79 Å². The number of halogens is 1. The largest absolute Gasteiger partial charge is 0.351 e. The summed E-state index contributed by atoms with van der Waals surface area (Å²) in [6, 6.07) is 11.0. The van der Waals surface area contributed by atoms with Crippen LogP contribution in [0.4, 0.5) is 10.5 Å². The van der Waals surface area contributed by atoms with E-state index in [9.17, 15) is 9.59 Å². The second kappa shape index (κ2) is 5.97. The maximum absolute atomic E-state index is 12.7. The van der Waals surface area contributed by atoms with Gasteiger partial charge in [-0.15, -0.1) is 0 Å². The molecule has 2 aromatic rings. The van der Waals surface area contributed by atoms with E-state index in [-0.39, 0.29) is 0 Å². The molecule has 0 saturated heterocycles. The summed E-state index contributed by atoms with van der Waals surface area (Å²) in [4.78, 5) is 25.4. The number of urea groups is 1. The Morgan fingerprint density at radius 2 is 1.52 bits per heavy atom. The van der Waals surface area contributed by atoms with E-state index in [2.05, 4.69) is 0 Å². The summed E-state index contributed by atoms with van der Waals surface area (Å²) < 4.78 is 0. The van der Waals surface area contributed by atoms with Crippen LogP contribution in [0.15, 0.2) is 42.5 Å². The predicted molar refractivity (Wildman–Crippen MR) is 83.8 cm³/mol. The topological polar surface area (TPSA) is 63.4 Å². The predicted octanol–water partition coefficient (Wildman–Crippen LogP) is 3.68. The van der Waals surface area contributed by atoms with Crippen molar-refractivity contribution in [1.29, 1.82) is 0 Å². The number of imide groups is 1. The molecule has 0 aromatic heterocycles. The smallest absolute Gasteiger partial charge is 0.326 e. The molecule has 0 radical (unpaired) electrons. The number of nitrogens with two attached hydrogens (primary N) is 1. The fourth-order valence-electron chi connectivity index (χ4n) is 2.20.